The second-order valence-electron chi connectivity index (χ2n) is 2.57. The molecule has 0 saturated carbocycles. The van der Waals surface area contributed by atoms with Crippen molar-refractivity contribution in [2.45, 2.75) is 0 Å². The highest BCUT2D eigenvalue weighted by Crippen LogP contribution is 2.31. The van der Waals surface area contributed by atoms with Crippen molar-refractivity contribution in [1.82, 2.24) is 0 Å². The minimum absolute atomic E-state index is 0.138. The van der Waals surface area contributed by atoms with Crippen LogP contribution in [0.25, 0.3) is 0 Å². The molecule has 4 nitrogen and oxygen atoms in total. The predicted octanol–water partition coefficient (Wildman–Crippen LogP) is 2.44. The molecule has 1 aromatic carbocycles. The number of ether oxygens (including phenoxy) is 1. The van der Waals surface area contributed by atoms with E-state index in [0.717, 1.165) is 6.07 Å². The molecule has 1 rings (SSSR count). The smallest absolute Gasteiger partial charge is 0.314 e. The van der Waals surface area contributed by atoms with Crippen LogP contribution >= 0.6 is 0 Å². The Morgan fingerprint density at radius 3 is 2.73 bits per heavy atom. The number of nitro groups is 1. The number of benzene rings is 1. The van der Waals surface area contributed by atoms with Gasteiger partial charge in [-0.2, -0.15) is 4.39 Å². The molecule has 0 fully saturated rings. The molecule has 15 heavy (non-hydrogen) atoms. The molecule has 0 aliphatic carbocycles. The number of hydrogen-bond acceptors (Lipinski definition) is 3. The first-order chi connectivity index (χ1) is 7.07. The van der Waals surface area contributed by atoms with Crippen LogP contribution < -0.4 is 4.74 Å². The Kier molecular flexibility index (Phi) is 3.33. The monoisotopic (exact) mass is 215 g/mol. The summed E-state index contributed by atoms with van der Waals surface area (Å²) in [5, 5.41) is 10.5. The molecule has 0 heterocycles. The lowest BCUT2D eigenvalue weighted by molar-refractivity contribution is -0.386. The predicted molar refractivity (Wildman–Crippen MR) is 48.7 cm³/mol. The molecule has 0 atom stereocenters. The number of rotatable bonds is 4. The lowest BCUT2D eigenvalue weighted by Crippen LogP contribution is -2.02. The topological polar surface area (TPSA) is 52.4 Å². The van der Waals surface area contributed by atoms with E-state index >= 15 is 0 Å². The van der Waals surface area contributed by atoms with Gasteiger partial charge in [-0.25, -0.2) is 4.39 Å². The highest BCUT2D eigenvalue weighted by molar-refractivity contribution is 5.47. The number of nitro benzene ring substituents is 1. The first kappa shape index (κ1) is 11.1. The van der Waals surface area contributed by atoms with Crippen molar-refractivity contribution >= 4 is 5.69 Å². The molecular formula is C9H7F2NO3. The third-order valence-electron chi connectivity index (χ3n) is 1.57. The van der Waals surface area contributed by atoms with E-state index in [1.807, 2.05) is 0 Å². The summed E-state index contributed by atoms with van der Waals surface area (Å²) in [6, 6.07) is 1.52. The van der Waals surface area contributed by atoms with Gasteiger partial charge < -0.3 is 4.74 Å². The molecule has 0 aliphatic rings. The average molecular weight is 215 g/mol. The van der Waals surface area contributed by atoms with Crippen molar-refractivity contribution < 1.29 is 18.4 Å². The molecule has 0 amide bonds. The van der Waals surface area contributed by atoms with Gasteiger partial charge in [0.05, 0.1) is 4.92 Å². The van der Waals surface area contributed by atoms with Crippen LogP contribution in [0.1, 0.15) is 0 Å². The van der Waals surface area contributed by atoms with E-state index in [9.17, 15) is 18.9 Å². The fourth-order valence-electron chi connectivity index (χ4n) is 0.945. The molecule has 0 spiro atoms. The van der Waals surface area contributed by atoms with E-state index in [-0.39, 0.29) is 6.61 Å². The Morgan fingerprint density at radius 2 is 2.20 bits per heavy atom. The summed E-state index contributed by atoms with van der Waals surface area (Å²) in [4.78, 5) is 9.61. The van der Waals surface area contributed by atoms with E-state index < -0.39 is 28.0 Å². The number of halogens is 2. The molecule has 1 aromatic rings. The summed E-state index contributed by atoms with van der Waals surface area (Å²) >= 11 is 0. The molecule has 0 aromatic heterocycles. The van der Waals surface area contributed by atoms with Crippen LogP contribution in [-0.4, -0.2) is 11.5 Å². The van der Waals surface area contributed by atoms with E-state index in [2.05, 4.69) is 11.3 Å². The molecular weight excluding hydrogens is 208 g/mol. The standard InChI is InChI=1S/C9H7F2NO3/c1-2-5-15-9-7(12(13)14)4-3-6(10)8(9)11/h2-4H,1,5H2. The zero-order valence-electron chi connectivity index (χ0n) is 7.57. The molecule has 0 bridgehead atoms. The van der Waals surface area contributed by atoms with Crippen LogP contribution in [-0.2, 0) is 0 Å². The molecule has 80 valence electrons. The highest BCUT2D eigenvalue weighted by atomic mass is 19.2. The van der Waals surface area contributed by atoms with Crippen LogP contribution in [0.4, 0.5) is 14.5 Å². The van der Waals surface area contributed by atoms with Crippen LogP contribution in [0.3, 0.4) is 0 Å². The SMILES string of the molecule is C=CCOc1c([N+](=O)[O-])ccc(F)c1F. The Labute approximate surface area is 83.9 Å². The minimum atomic E-state index is -1.37. The van der Waals surface area contributed by atoms with Gasteiger partial charge >= 0.3 is 5.69 Å². The summed E-state index contributed by atoms with van der Waals surface area (Å²) in [5.74, 6) is -3.27. The summed E-state index contributed by atoms with van der Waals surface area (Å²) in [6.07, 6.45) is 1.27. The van der Waals surface area contributed by atoms with Gasteiger partial charge in [-0.15, -0.1) is 0 Å². The second kappa shape index (κ2) is 4.50. The van der Waals surface area contributed by atoms with Crippen molar-refractivity contribution in [2.75, 3.05) is 6.61 Å². The third kappa shape index (κ3) is 2.28. The fraction of sp³-hybridized carbons (Fsp3) is 0.111. The average Bonchev–Trinajstić information content (AvgIpc) is 2.19. The van der Waals surface area contributed by atoms with Gasteiger partial charge in [0.25, 0.3) is 0 Å². The molecule has 6 heteroatoms. The lowest BCUT2D eigenvalue weighted by atomic mass is 10.2. The number of nitrogens with zero attached hydrogens (tertiary/aromatic N) is 1. The highest BCUT2D eigenvalue weighted by Gasteiger charge is 2.22. The first-order valence-electron chi connectivity index (χ1n) is 3.94. The zero-order valence-corrected chi connectivity index (χ0v) is 7.57. The fourth-order valence-corrected chi connectivity index (χ4v) is 0.945. The van der Waals surface area contributed by atoms with E-state index in [0.29, 0.717) is 6.07 Å². The van der Waals surface area contributed by atoms with E-state index in [4.69, 9.17) is 0 Å². The Balaban J connectivity index is 3.21. The van der Waals surface area contributed by atoms with Crippen molar-refractivity contribution in [1.29, 1.82) is 0 Å². The van der Waals surface area contributed by atoms with Gasteiger partial charge in [0.15, 0.2) is 5.82 Å². The Morgan fingerprint density at radius 1 is 1.53 bits per heavy atom. The summed E-state index contributed by atoms with van der Waals surface area (Å²) in [6.45, 7) is 3.15. The summed E-state index contributed by atoms with van der Waals surface area (Å²) in [5.41, 5.74) is -0.615. The maximum atomic E-state index is 13.1. The Bertz CT molecular complexity index is 407. The largest absolute Gasteiger partial charge is 0.480 e. The minimum Gasteiger partial charge on any atom is -0.480 e. The normalized spacial score (nSPS) is 9.73. The van der Waals surface area contributed by atoms with Crippen molar-refractivity contribution in [3.05, 3.63) is 46.5 Å². The van der Waals surface area contributed by atoms with Gasteiger partial charge in [-0.05, 0) is 6.07 Å². The second-order valence-corrected chi connectivity index (χ2v) is 2.57. The van der Waals surface area contributed by atoms with Crippen molar-refractivity contribution in [2.24, 2.45) is 0 Å². The maximum absolute atomic E-state index is 13.1. The Hall–Kier alpha value is -1.98. The van der Waals surface area contributed by atoms with Gasteiger partial charge in [0.1, 0.15) is 6.61 Å². The quantitative estimate of drug-likeness (QED) is 0.440. The lowest BCUT2D eigenvalue weighted by Gasteiger charge is -2.05. The van der Waals surface area contributed by atoms with Crippen LogP contribution in [0.2, 0.25) is 0 Å². The summed E-state index contributed by atoms with van der Waals surface area (Å²) < 4.78 is 30.5. The molecule has 0 radical (unpaired) electrons. The van der Waals surface area contributed by atoms with Crippen molar-refractivity contribution in [3.8, 4) is 5.75 Å². The maximum Gasteiger partial charge on any atom is 0.314 e. The van der Waals surface area contributed by atoms with Gasteiger partial charge in [-0.3, -0.25) is 10.1 Å². The molecule has 0 aliphatic heterocycles. The number of hydrogen-bond donors (Lipinski definition) is 0. The van der Waals surface area contributed by atoms with Gasteiger partial charge in [-0.1, -0.05) is 12.7 Å². The molecule has 0 saturated heterocycles. The van der Waals surface area contributed by atoms with Crippen molar-refractivity contribution in [3.63, 3.8) is 0 Å². The van der Waals surface area contributed by atoms with E-state index in [1.54, 1.807) is 0 Å². The zero-order chi connectivity index (χ0) is 11.4. The van der Waals surface area contributed by atoms with Crippen LogP contribution in [0, 0.1) is 21.7 Å². The van der Waals surface area contributed by atoms with Gasteiger partial charge in [0, 0.05) is 6.07 Å². The van der Waals surface area contributed by atoms with Crippen LogP contribution in [0.15, 0.2) is 24.8 Å². The molecule has 0 unspecified atom stereocenters. The third-order valence-corrected chi connectivity index (χ3v) is 1.57. The van der Waals surface area contributed by atoms with E-state index in [1.165, 1.54) is 6.08 Å². The summed E-state index contributed by atoms with van der Waals surface area (Å²) in [7, 11) is 0. The van der Waals surface area contributed by atoms with Crippen LogP contribution in [0.5, 0.6) is 5.75 Å². The molecule has 0 N–H and O–H groups in total. The first-order valence-corrected chi connectivity index (χ1v) is 3.94. The van der Waals surface area contributed by atoms with Gasteiger partial charge in [0.2, 0.25) is 11.6 Å².